The van der Waals surface area contributed by atoms with Gasteiger partial charge in [0.15, 0.2) is 11.5 Å². The van der Waals surface area contributed by atoms with Crippen LogP contribution < -0.4 is 4.74 Å². The van der Waals surface area contributed by atoms with Gasteiger partial charge in [-0.05, 0) is 51.0 Å². The van der Waals surface area contributed by atoms with Crippen LogP contribution in [-0.4, -0.2) is 16.8 Å². The summed E-state index contributed by atoms with van der Waals surface area (Å²) in [6, 6.07) is 0. The van der Waals surface area contributed by atoms with Gasteiger partial charge < -0.3 is 14.9 Å². The summed E-state index contributed by atoms with van der Waals surface area (Å²) in [5.41, 5.74) is 3.27. The number of hydrogen-bond acceptors (Lipinski definition) is 3. The topological polar surface area (TPSA) is 49.7 Å². The normalized spacial score (nSPS) is 11.0. The van der Waals surface area contributed by atoms with Gasteiger partial charge in [-0.1, -0.05) is 40.0 Å². The Morgan fingerprint density at radius 2 is 1.13 bits per heavy atom. The number of phenols is 2. The van der Waals surface area contributed by atoms with Gasteiger partial charge >= 0.3 is 0 Å². The Morgan fingerprint density at radius 1 is 0.652 bits per heavy atom. The fourth-order valence-corrected chi connectivity index (χ4v) is 3.05. The molecule has 0 bridgehead atoms. The Hall–Kier alpha value is -1.38. The van der Waals surface area contributed by atoms with E-state index < -0.39 is 0 Å². The van der Waals surface area contributed by atoms with Crippen molar-refractivity contribution in [2.75, 3.05) is 6.61 Å². The third-order valence-electron chi connectivity index (χ3n) is 4.36. The Kier molecular flexibility index (Phi) is 8.90. The van der Waals surface area contributed by atoms with Gasteiger partial charge in [-0.15, -0.1) is 0 Å². The fraction of sp³-hybridized carbons (Fsp3) is 0.700. The Morgan fingerprint density at radius 3 is 1.61 bits per heavy atom. The smallest absolute Gasteiger partial charge is 0.201 e. The maximum Gasteiger partial charge on any atom is 0.201 e. The molecule has 3 nitrogen and oxygen atoms in total. The maximum atomic E-state index is 10.5. The molecule has 0 spiro atoms. The molecule has 1 aromatic carbocycles. The number of phenolic OH excluding ortho intramolecular Hbond substituents is 2. The lowest BCUT2D eigenvalue weighted by Crippen LogP contribution is -2.07. The Bertz CT molecular complexity index is 481. The van der Waals surface area contributed by atoms with Gasteiger partial charge in [0, 0.05) is 11.1 Å². The third kappa shape index (κ3) is 5.05. The molecule has 1 aromatic rings. The standard InChI is InChI=1S/C20H34O3/c1-5-9-12-15-16(13-10-6-2)18(21)19(22)20(23-8-4)17(15)14-11-7-3/h21-22H,5-14H2,1-4H3. The lowest BCUT2D eigenvalue weighted by molar-refractivity contribution is 0.303. The second-order valence-electron chi connectivity index (χ2n) is 6.21. The number of aromatic hydroxyl groups is 2. The van der Waals surface area contributed by atoms with Crippen molar-refractivity contribution in [2.24, 2.45) is 0 Å². The number of ether oxygens (including phenoxy) is 1. The first-order valence-electron chi connectivity index (χ1n) is 9.33. The van der Waals surface area contributed by atoms with Crippen LogP contribution in [0.1, 0.15) is 82.9 Å². The Labute approximate surface area is 141 Å². The van der Waals surface area contributed by atoms with Crippen molar-refractivity contribution in [3.8, 4) is 17.2 Å². The van der Waals surface area contributed by atoms with Gasteiger partial charge in [0.25, 0.3) is 0 Å². The van der Waals surface area contributed by atoms with Crippen LogP contribution in [0.25, 0.3) is 0 Å². The van der Waals surface area contributed by atoms with E-state index in [9.17, 15) is 10.2 Å². The first kappa shape index (κ1) is 19.7. The van der Waals surface area contributed by atoms with E-state index in [4.69, 9.17) is 4.74 Å². The van der Waals surface area contributed by atoms with E-state index in [0.717, 1.165) is 68.9 Å². The van der Waals surface area contributed by atoms with E-state index in [-0.39, 0.29) is 11.5 Å². The lowest BCUT2D eigenvalue weighted by atomic mass is 9.89. The maximum absolute atomic E-state index is 10.5. The highest BCUT2D eigenvalue weighted by Gasteiger charge is 2.23. The van der Waals surface area contributed by atoms with E-state index in [1.165, 1.54) is 5.56 Å². The first-order valence-corrected chi connectivity index (χ1v) is 9.33. The van der Waals surface area contributed by atoms with E-state index in [1.807, 2.05) is 6.92 Å². The Balaban J connectivity index is 3.44. The second kappa shape index (κ2) is 10.4. The summed E-state index contributed by atoms with van der Waals surface area (Å²) in [5.74, 6) is 0.474. The molecule has 0 heterocycles. The molecule has 2 N–H and O–H groups in total. The largest absolute Gasteiger partial charge is 0.504 e. The third-order valence-corrected chi connectivity index (χ3v) is 4.36. The molecule has 0 radical (unpaired) electrons. The van der Waals surface area contributed by atoms with E-state index in [1.54, 1.807) is 0 Å². The fourth-order valence-electron chi connectivity index (χ4n) is 3.05. The number of rotatable bonds is 11. The van der Waals surface area contributed by atoms with Crippen molar-refractivity contribution >= 4 is 0 Å². The van der Waals surface area contributed by atoms with Crippen LogP contribution in [0.15, 0.2) is 0 Å². The molecule has 0 aromatic heterocycles. The molecular formula is C20H34O3. The van der Waals surface area contributed by atoms with Crippen LogP contribution in [0.3, 0.4) is 0 Å². The molecule has 1 rings (SSSR count). The predicted octanol–water partition coefficient (Wildman–Crippen LogP) is 5.52. The first-order chi connectivity index (χ1) is 11.1. The second-order valence-corrected chi connectivity index (χ2v) is 6.21. The summed E-state index contributed by atoms with van der Waals surface area (Å²) >= 11 is 0. The van der Waals surface area contributed by atoms with Crippen molar-refractivity contribution < 1.29 is 14.9 Å². The molecule has 0 aliphatic rings. The van der Waals surface area contributed by atoms with E-state index >= 15 is 0 Å². The minimum Gasteiger partial charge on any atom is -0.504 e. The molecular weight excluding hydrogens is 288 g/mol. The van der Waals surface area contributed by atoms with Crippen LogP contribution in [0, 0.1) is 0 Å². The van der Waals surface area contributed by atoms with Crippen LogP contribution in [-0.2, 0) is 19.3 Å². The zero-order valence-electron chi connectivity index (χ0n) is 15.4. The van der Waals surface area contributed by atoms with E-state index in [0.29, 0.717) is 12.4 Å². The summed E-state index contributed by atoms with van der Waals surface area (Å²) < 4.78 is 5.72. The van der Waals surface area contributed by atoms with Crippen molar-refractivity contribution in [3.05, 3.63) is 16.7 Å². The van der Waals surface area contributed by atoms with Crippen molar-refractivity contribution in [1.82, 2.24) is 0 Å². The molecule has 0 amide bonds. The minimum absolute atomic E-state index is 0.0354. The average molecular weight is 322 g/mol. The average Bonchev–Trinajstić information content (AvgIpc) is 2.56. The number of benzene rings is 1. The van der Waals surface area contributed by atoms with Crippen LogP contribution >= 0.6 is 0 Å². The zero-order valence-corrected chi connectivity index (χ0v) is 15.4. The SMILES string of the molecule is CCCCc1c(O)c(O)c(OCC)c(CCCC)c1CCCC. The highest BCUT2D eigenvalue weighted by Crippen LogP contribution is 2.45. The van der Waals surface area contributed by atoms with Gasteiger partial charge in [0.2, 0.25) is 5.75 Å². The summed E-state index contributed by atoms with van der Waals surface area (Å²) in [5, 5.41) is 21.0. The molecule has 0 aliphatic heterocycles. The summed E-state index contributed by atoms with van der Waals surface area (Å²) in [6.45, 7) is 8.91. The number of hydrogen-bond donors (Lipinski definition) is 2. The molecule has 0 saturated heterocycles. The van der Waals surface area contributed by atoms with Gasteiger partial charge in [-0.3, -0.25) is 0 Å². The summed E-state index contributed by atoms with van der Waals surface area (Å²) in [7, 11) is 0. The van der Waals surface area contributed by atoms with Crippen molar-refractivity contribution in [3.63, 3.8) is 0 Å². The molecule has 0 unspecified atom stereocenters. The molecule has 0 saturated carbocycles. The predicted molar refractivity (Wildman–Crippen MR) is 96.8 cm³/mol. The summed E-state index contributed by atoms with van der Waals surface area (Å²) in [6.07, 6.45) is 9.14. The van der Waals surface area contributed by atoms with Gasteiger partial charge in [0.05, 0.1) is 6.61 Å². The zero-order chi connectivity index (χ0) is 17.2. The lowest BCUT2D eigenvalue weighted by Gasteiger charge is -2.22. The van der Waals surface area contributed by atoms with Gasteiger partial charge in [0.1, 0.15) is 0 Å². The van der Waals surface area contributed by atoms with Crippen LogP contribution in [0.2, 0.25) is 0 Å². The number of unbranched alkanes of at least 4 members (excludes halogenated alkanes) is 3. The van der Waals surface area contributed by atoms with Crippen molar-refractivity contribution in [1.29, 1.82) is 0 Å². The molecule has 0 fully saturated rings. The molecule has 0 aliphatic carbocycles. The molecule has 132 valence electrons. The van der Waals surface area contributed by atoms with Crippen molar-refractivity contribution in [2.45, 2.75) is 85.5 Å². The highest BCUT2D eigenvalue weighted by molar-refractivity contribution is 5.62. The van der Waals surface area contributed by atoms with Gasteiger partial charge in [-0.25, -0.2) is 0 Å². The molecule has 0 atom stereocenters. The molecule has 3 heteroatoms. The molecule has 23 heavy (non-hydrogen) atoms. The van der Waals surface area contributed by atoms with Crippen LogP contribution in [0.5, 0.6) is 17.2 Å². The summed E-state index contributed by atoms with van der Waals surface area (Å²) in [4.78, 5) is 0. The monoisotopic (exact) mass is 322 g/mol. The highest BCUT2D eigenvalue weighted by atomic mass is 16.5. The van der Waals surface area contributed by atoms with E-state index in [2.05, 4.69) is 20.8 Å². The minimum atomic E-state index is -0.0655. The quantitative estimate of drug-likeness (QED) is 0.527. The van der Waals surface area contributed by atoms with Gasteiger partial charge in [-0.2, -0.15) is 0 Å². The van der Waals surface area contributed by atoms with Crippen LogP contribution in [0.4, 0.5) is 0 Å².